The summed E-state index contributed by atoms with van der Waals surface area (Å²) in [4.78, 5) is 13.7. The van der Waals surface area contributed by atoms with Gasteiger partial charge in [-0.25, -0.2) is 4.79 Å². The molecule has 0 saturated carbocycles. The van der Waals surface area contributed by atoms with E-state index in [4.69, 9.17) is 9.47 Å². The van der Waals surface area contributed by atoms with Crippen LogP contribution in [0.25, 0.3) is 0 Å². The molecule has 0 radical (unpaired) electrons. The zero-order chi connectivity index (χ0) is 21.9. The second-order valence-corrected chi connectivity index (χ2v) is 8.43. The van der Waals surface area contributed by atoms with Crippen molar-refractivity contribution in [1.82, 2.24) is 4.90 Å². The number of carbonyl (C=O) groups is 1. The van der Waals surface area contributed by atoms with E-state index in [0.717, 1.165) is 38.2 Å². The Hall–Kier alpha value is -3.31. The van der Waals surface area contributed by atoms with Gasteiger partial charge in [0.05, 0.1) is 7.11 Å². The van der Waals surface area contributed by atoms with E-state index in [2.05, 4.69) is 52.1 Å². The molecular weight excluding hydrogens is 402 g/mol. The van der Waals surface area contributed by atoms with E-state index in [0.29, 0.717) is 5.75 Å². The third-order valence-corrected chi connectivity index (χ3v) is 6.23. The Balaban J connectivity index is 1.19. The summed E-state index contributed by atoms with van der Waals surface area (Å²) in [7, 11) is 1.34. The molecule has 0 bridgehead atoms. The van der Waals surface area contributed by atoms with Crippen LogP contribution in [0.2, 0.25) is 0 Å². The highest BCUT2D eigenvalue weighted by molar-refractivity contribution is 5.70. The first kappa shape index (κ1) is 20.6. The van der Waals surface area contributed by atoms with Gasteiger partial charge in [0.25, 0.3) is 0 Å². The topological polar surface area (TPSA) is 48.0 Å². The molecule has 32 heavy (non-hydrogen) atoms. The molecule has 1 atom stereocenters. The maximum atomic E-state index is 11.2. The molecule has 5 heteroatoms. The van der Waals surface area contributed by atoms with Gasteiger partial charge in [-0.1, -0.05) is 42.5 Å². The lowest BCUT2D eigenvalue weighted by atomic mass is 10.1. The normalized spacial score (nSPS) is 17.0. The molecule has 3 aromatic carbocycles. The molecule has 5 rings (SSSR count). The van der Waals surface area contributed by atoms with Crippen molar-refractivity contribution < 1.29 is 19.0 Å². The Bertz CT molecular complexity index is 1080. The Morgan fingerprint density at radius 1 is 0.938 bits per heavy atom. The van der Waals surface area contributed by atoms with Crippen molar-refractivity contribution in [1.29, 1.82) is 0 Å². The molecule has 0 spiro atoms. The lowest BCUT2D eigenvalue weighted by Crippen LogP contribution is -2.15. The van der Waals surface area contributed by atoms with Crippen LogP contribution in [0.5, 0.6) is 11.5 Å². The molecule has 3 aromatic rings. The molecule has 0 aromatic heterocycles. The van der Waals surface area contributed by atoms with Gasteiger partial charge in [0.15, 0.2) is 6.61 Å². The van der Waals surface area contributed by atoms with Crippen molar-refractivity contribution in [3.8, 4) is 11.5 Å². The molecule has 1 heterocycles. The molecule has 0 amide bonds. The Morgan fingerprint density at radius 3 is 2.38 bits per heavy atom. The van der Waals surface area contributed by atoms with Crippen LogP contribution in [0.15, 0.2) is 66.7 Å². The van der Waals surface area contributed by atoms with Crippen LogP contribution in [0.1, 0.15) is 40.3 Å². The van der Waals surface area contributed by atoms with E-state index in [1.807, 2.05) is 24.3 Å². The maximum Gasteiger partial charge on any atom is 0.343 e. The van der Waals surface area contributed by atoms with Crippen LogP contribution in [0, 0.1) is 0 Å². The molecule has 5 nitrogen and oxygen atoms in total. The van der Waals surface area contributed by atoms with Crippen molar-refractivity contribution in [3.05, 3.63) is 94.5 Å². The van der Waals surface area contributed by atoms with Crippen molar-refractivity contribution >= 4 is 5.97 Å². The quantitative estimate of drug-likeness (QED) is 0.504. The van der Waals surface area contributed by atoms with Gasteiger partial charge in [0.1, 0.15) is 17.6 Å². The summed E-state index contributed by atoms with van der Waals surface area (Å²) in [6, 6.07) is 22.9. The van der Waals surface area contributed by atoms with Gasteiger partial charge in [-0.2, -0.15) is 0 Å². The maximum absolute atomic E-state index is 11.2. The fourth-order valence-corrected chi connectivity index (χ4v) is 4.61. The SMILES string of the molecule is COC(=O)COc1ccc(O[C@@H]2CCc3cc(CN4Cc5ccccc5C4)ccc32)cc1. The molecule has 2 aliphatic rings. The Morgan fingerprint density at radius 2 is 1.66 bits per heavy atom. The second-order valence-electron chi connectivity index (χ2n) is 8.43. The monoisotopic (exact) mass is 429 g/mol. The second kappa shape index (κ2) is 9.05. The molecule has 0 unspecified atom stereocenters. The van der Waals surface area contributed by atoms with Crippen LogP contribution < -0.4 is 9.47 Å². The van der Waals surface area contributed by atoms with Gasteiger partial charge in [0.2, 0.25) is 0 Å². The van der Waals surface area contributed by atoms with Gasteiger partial charge >= 0.3 is 5.97 Å². The standard InChI is InChI=1S/C27H27NO4/c1-30-27(29)18-31-23-8-10-24(11-9-23)32-26-13-7-20-14-19(6-12-25(20)26)15-28-16-21-4-2-3-5-22(21)17-28/h2-6,8-12,14,26H,7,13,15-18H2,1H3/t26-/m1/s1. The number of carbonyl (C=O) groups excluding carboxylic acids is 1. The molecule has 1 aliphatic heterocycles. The van der Waals surface area contributed by atoms with E-state index >= 15 is 0 Å². The molecule has 1 aliphatic carbocycles. The summed E-state index contributed by atoms with van der Waals surface area (Å²) in [5.74, 6) is 1.01. The fraction of sp³-hybridized carbons (Fsp3) is 0.296. The third kappa shape index (κ3) is 4.48. The highest BCUT2D eigenvalue weighted by Gasteiger charge is 2.25. The van der Waals surface area contributed by atoms with E-state index in [-0.39, 0.29) is 12.7 Å². The zero-order valence-electron chi connectivity index (χ0n) is 18.3. The summed E-state index contributed by atoms with van der Waals surface area (Å²) < 4.78 is 16.2. The minimum Gasteiger partial charge on any atom is -0.486 e. The van der Waals surface area contributed by atoms with Gasteiger partial charge in [-0.15, -0.1) is 0 Å². The highest BCUT2D eigenvalue weighted by Crippen LogP contribution is 2.36. The number of nitrogens with zero attached hydrogens (tertiary/aromatic N) is 1. The minimum atomic E-state index is -0.401. The third-order valence-electron chi connectivity index (χ3n) is 6.23. The van der Waals surface area contributed by atoms with Gasteiger partial charge in [-0.3, -0.25) is 4.90 Å². The number of hydrogen-bond donors (Lipinski definition) is 0. The minimum absolute atomic E-state index is 0.0666. The number of benzene rings is 3. The Kier molecular flexibility index (Phi) is 5.82. The van der Waals surface area contributed by atoms with Crippen LogP contribution in [-0.4, -0.2) is 24.6 Å². The lowest BCUT2D eigenvalue weighted by molar-refractivity contribution is -0.142. The molecule has 0 saturated heterocycles. The first-order chi connectivity index (χ1) is 15.7. The summed E-state index contributed by atoms with van der Waals surface area (Å²) >= 11 is 0. The number of hydrogen-bond acceptors (Lipinski definition) is 5. The van der Waals surface area contributed by atoms with E-state index < -0.39 is 5.97 Å². The number of ether oxygens (including phenoxy) is 3. The molecule has 164 valence electrons. The summed E-state index contributed by atoms with van der Waals surface area (Å²) in [5.41, 5.74) is 6.93. The van der Waals surface area contributed by atoms with E-state index in [9.17, 15) is 4.79 Å². The zero-order valence-corrected chi connectivity index (χ0v) is 18.3. The summed E-state index contributed by atoms with van der Waals surface area (Å²) in [5, 5.41) is 0. The number of methoxy groups -OCH3 is 1. The average molecular weight is 430 g/mol. The van der Waals surface area contributed by atoms with Gasteiger partial charge in [0, 0.05) is 19.6 Å². The predicted octanol–water partition coefficient (Wildman–Crippen LogP) is 4.82. The van der Waals surface area contributed by atoms with Crippen molar-refractivity contribution in [3.63, 3.8) is 0 Å². The Labute approximate surface area is 188 Å². The number of rotatable bonds is 7. The number of aryl methyl sites for hydroxylation is 1. The fourth-order valence-electron chi connectivity index (χ4n) is 4.61. The van der Waals surface area contributed by atoms with Crippen LogP contribution in [0.3, 0.4) is 0 Å². The van der Waals surface area contributed by atoms with Crippen LogP contribution >= 0.6 is 0 Å². The predicted molar refractivity (Wildman–Crippen MR) is 121 cm³/mol. The summed E-state index contributed by atoms with van der Waals surface area (Å²) in [6.07, 6.45) is 2.08. The van der Waals surface area contributed by atoms with Crippen molar-refractivity contribution in [2.24, 2.45) is 0 Å². The van der Waals surface area contributed by atoms with Crippen molar-refractivity contribution in [2.75, 3.05) is 13.7 Å². The van der Waals surface area contributed by atoms with Gasteiger partial charge in [-0.05, 0) is 64.9 Å². The summed E-state index contributed by atoms with van der Waals surface area (Å²) in [6.45, 7) is 2.93. The first-order valence-electron chi connectivity index (χ1n) is 11.0. The highest BCUT2D eigenvalue weighted by atomic mass is 16.6. The molecule has 0 fully saturated rings. The van der Waals surface area contributed by atoms with Crippen LogP contribution in [0.4, 0.5) is 0 Å². The number of fused-ring (bicyclic) bond motifs is 2. The largest absolute Gasteiger partial charge is 0.486 e. The first-order valence-corrected chi connectivity index (χ1v) is 11.0. The molecule has 0 N–H and O–H groups in total. The van der Waals surface area contributed by atoms with E-state index in [1.165, 1.54) is 34.9 Å². The average Bonchev–Trinajstić information content (AvgIpc) is 3.41. The number of esters is 1. The van der Waals surface area contributed by atoms with E-state index in [1.54, 1.807) is 0 Å². The van der Waals surface area contributed by atoms with Crippen molar-refractivity contribution in [2.45, 2.75) is 38.6 Å². The lowest BCUT2D eigenvalue weighted by Gasteiger charge is -2.17. The van der Waals surface area contributed by atoms with Gasteiger partial charge < -0.3 is 14.2 Å². The molecular formula is C27H27NO4. The smallest absolute Gasteiger partial charge is 0.343 e. The van der Waals surface area contributed by atoms with Crippen LogP contribution in [-0.2, 0) is 35.6 Å².